The number of halogens is 1. The monoisotopic (exact) mass is 401 g/mol. The van der Waals surface area contributed by atoms with Gasteiger partial charge in [0.1, 0.15) is 0 Å². The van der Waals surface area contributed by atoms with E-state index in [4.69, 9.17) is 16.6 Å². The molecule has 2 aromatic rings. The third kappa shape index (κ3) is 5.52. The number of piperazine rings is 1. The molecule has 1 N–H and O–H groups in total. The number of aromatic nitrogens is 1. The summed E-state index contributed by atoms with van der Waals surface area (Å²) in [5, 5.41) is 4.04. The van der Waals surface area contributed by atoms with Gasteiger partial charge in [-0.15, -0.1) is 0 Å². The van der Waals surface area contributed by atoms with Crippen LogP contribution in [0.4, 0.5) is 0 Å². The van der Waals surface area contributed by atoms with Crippen molar-refractivity contribution in [3.63, 3.8) is 0 Å². The van der Waals surface area contributed by atoms with Crippen molar-refractivity contribution < 1.29 is 4.79 Å². The predicted octanol–water partition coefficient (Wildman–Crippen LogP) is 2.53. The summed E-state index contributed by atoms with van der Waals surface area (Å²) in [6, 6.07) is 9.59. The fourth-order valence-corrected chi connectivity index (χ4v) is 3.56. The molecule has 0 bridgehead atoms. The number of guanidine groups is 1. The minimum atomic E-state index is 0.146. The van der Waals surface area contributed by atoms with Gasteiger partial charge < -0.3 is 19.7 Å². The smallest absolute Gasteiger partial charge is 0.227 e. The summed E-state index contributed by atoms with van der Waals surface area (Å²) in [5.41, 5.74) is 2.14. The quantitative estimate of drug-likeness (QED) is 0.618. The first kappa shape index (κ1) is 20.3. The zero-order chi connectivity index (χ0) is 19.9. The molecule has 0 atom stereocenters. The van der Waals surface area contributed by atoms with Crippen molar-refractivity contribution in [3.05, 3.63) is 58.9 Å². The molecule has 1 saturated heterocycles. The van der Waals surface area contributed by atoms with Gasteiger partial charge in [-0.05, 0) is 36.2 Å². The minimum Gasteiger partial charge on any atom is -0.357 e. The van der Waals surface area contributed by atoms with Crippen LogP contribution in [-0.2, 0) is 24.8 Å². The Balaban J connectivity index is 1.55. The number of hydrogen-bond acceptors (Lipinski definition) is 2. The molecule has 150 valence electrons. The third-order valence-corrected chi connectivity index (χ3v) is 5.05. The number of aliphatic imine (C=N–C) groups is 1. The lowest BCUT2D eigenvalue weighted by molar-refractivity contribution is -0.131. The number of carbonyl (C=O) groups excluding carboxylic acids is 1. The maximum Gasteiger partial charge on any atom is 0.227 e. The van der Waals surface area contributed by atoms with Gasteiger partial charge in [0.25, 0.3) is 0 Å². The highest BCUT2D eigenvalue weighted by atomic mass is 35.5. The lowest BCUT2D eigenvalue weighted by Gasteiger charge is -2.36. The van der Waals surface area contributed by atoms with Gasteiger partial charge in [-0.25, -0.2) is 4.99 Å². The maximum atomic E-state index is 12.6. The number of aryl methyl sites for hydroxylation is 1. The van der Waals surface area contributed by atoms with Crippen molar-refractivity contribution in [2.75, 3.05) is 32.7 Å². The highest BCUT2D eigenvalue weighted by molar-refractivity contribution is 6.30. The molecule has 1 aromatic heterocycles. The molecule has 6 nitrogen and oxygen atoms in total. The van der Waals surface area contributed by atoms with Crippen molar-refractivity contribution in [1.82, 2.24) is 19.7 Å². The molecule has 1 fully saturated rings. The van der Waals surface area contributed by atoms with Crippen LogP contribution in [0.15, 0.2) is 47.7 Å². The molecule has 3 rings (SSSR count). The van der Waals surface area contributed by atoms with Gasteiger partial charge in [0.05, 0.1) is 13.0 Å². The van der Waals surface area contributed by atoms with E-state index in [1.165, 1.54) is 5.56 Å². The largest absolute Gasteiger partial charge is 0.357 e. The molecule has 0 saturated carbocycles. The molecule has 28 heavy (non-hydrogen) atoms. The second-order valence-electron chi connectivity index (χ2n) is 7.03. The van der Waals surface area contributed by atoms with Crippen LogP contribution < -0.4 is 5.32 Å². The van der Waals surface area contributed by atoms with E-state index < -0.39 is 0 Å². The number of hydrogen-bond donors (Lipinski definition) is 1. The molecular weight excluding hydrogens is 374 g/mol. The second kappa shape index (κ2) is 9.64. The zero-order valence-corrected chi connectivity index (χ0v) is 17.3. The van der Waals surface area contributed by atoms with Gasteiger partial charge in [-0.3, -0.25) is 4.79 Å². The zero-order valence-electron chi connectivity index (χ0n) is 16.6. The van der Waals surface area contributed by atoms with Gasteiger partial charge in [0.15, 0.2) is 5.96 Å². The standard InChI is InChI=1S/C21H28ClN5O/c1-3-23-21(24-15-18-7-8-25(2)16-18)27-11-9-26(10-12-27)20(28)14-17-5-4-6-19(22)13-17/h4-8,13,16H,3,9-12,14-15H2,1-2H3,(H,23,24). The normalized spacial score (nSPS) is 15.0. The Bertz CT molecular complexity index is 824. The Labute approximate surface area is 171 Å². The van der Waals surface area contributed by atoms with Crippen LogP contribution in [0.25, 0.3) is 0 Å². The van der Waals surface area contributed by atoms with Crippen LogP contribution in [0.1, 0.15) is 18.1 Å². The average Bonchev–Trinajstić information content (AvgIpc) is 3.10. The minimum absolute atomic E-state index is 0.146. The summed E-state index contributed by atoms with van der Waals surface area (Å²) in [4.78, 5) is 21.5. The fourth-order valence-electron chi connectivity index (χ4n) is 3.35. The molecular formula is C21H28ClN5O. The predicted molar refractivity (Wildman–Crippen MR) is 114 cm³/mol. The van der Waals surface area contributed by atoms with E-state index in [0.717, 1.165) is 31.2 Å². The van der Waals surface area contributed by atoms with Crippen molar-refractivity contribution in [2.24, 2.45) is 12.0 Å². The Morgan fingerprint density at radius 3 is 2.54 bits per heavy atom. The second-order valence-corrected chi connectivity index (χ2v) is 7.47. The number of nitrogens with zero attached hydrogens (tertiary/aromatic N) is 4. The molecule has 1 aromatic carbocycles. The molecule has 0 radical (unpaired) electrons. The number of nitrogens with one attached hydrogen (secondary N) is 1. The van der Waals surface area contributed by atoms with Crippen LogP contribution in [0.2, 0.25) is 5.02 Å². The van der Waals surface area contributed by atoms with Crippen molar-refractivity contribution in [2.45, 2.75) is 19.9 Å². The fraction of sp³-hybridized carbons (Fsp3) is 0.429. The molecule has 1 aliphatic heterocycles. The van der Waals surface area contributed by atoms with Gasteiger partial charge in [-0.2, -0.15) is 0 Å². The van der Waals surface area contributed by atoms with Crippen molar-refractivity contribution in [3.8, 4) is 0 Å². The lowest BCUT2D eigenvalue weighted by Crippen LogP contribution is -2.54. The highest BCUT2D eigenvalue weighted by Crippen LogP contribution is 2.13. The summed E-state index contributed by atoms with van der Waals surface area (Å²) in [7, 11) is 2.01. The van der Waals surface area contributed by atoms with Crippen LogP contribution in [-0.4, -0.2) is 59.0 Å². The Hall–Kier alpha value is -2.47. The van der Waals surface area contributed by atoms with E-state index in [1.54, 1.807) is 0 Å². The molecule has 1 aliphatic rings. The Morgan fingerprint density at radius 2 is 1.89 bits per heavy atom. The molecule has 7 heteroatoms. The first-order chi connectivity index (χ1) is 13.5. The van der Waals surface area contributed by atoms with Gasteiger partial charge in [-0.1, -0.05) is 23.7 Å². The van der Waals surface area contributed by atoms with Gasteiger partial charge in [0, 0.05) is 57.2 Å². The van der Waals surface area contributed by atoms with E-state index in [2.05, 4.69) is 29.4 Å². The lowest BCUT2D eigenvalue weighted by atomic mass is 10.1. The van der Waals surface area contributed by atoms with Crippen LogP contribution in [0.5, 0.6) is 0 Å². The average molecular weight is 402 g/mol. The summed E-state index contributed by atoms with van der Waals surface area (Å²) >= 11 is 6.02. The molecule has 2 heterocycles. The van der Waals surface area contributed by atoms with Crippen LogP contribution in [0, 0.1) is 0 Å². The SMILES string of the molecule is CCNC(=NCc1ccn(C)c1)N1CCN(C(=O)Cc2cccc(Cl)c2)CC1. The van der Waals surface area contributed by atoms with E-state index >= 15 is 0 Å². The first-order valence-electron chi connectivity index (χ1n) is 9.71. The summed E-state index contributed by atoms with van der Waals surface area (Å²) in [6.07, 6.45) is 4.50. The number of amides is 1. The van der Waals surface area contributed by atoms with Gasteiger partial charge in [0.2, 0.25) is 5.91 Å². The van der Waals surface area contributed by atoms with E-state index in [1.807, 2.05) is 47.0 Å². The van der Waals surface area contributed by atoms with Gasteiger partial charge >= 0.3 is 0 Å². The first-order valence-corrected chi connectivity index (χ1v) is 10.1. The van der Waals surface area contributed by atoms with Crippen molar-refractivity contribution in [1.29, 1.82) is 0 Å². The van der Waals surface area contributed by atoms with Crippen molar-refractivity contribution >= 4 is 23.5 Å². The third-order valence-electron chi connectivity index (χ3n) is 4.82. The Morgan fingerprint density at radius 1 is 1.14 bits per heavy atom. The van der Waals surface area contributed by atoms with E-state index in [0.29, 0.717) is 31.1 Å². The summed E-state index contributed by atoms with van der Waals surface area (Å²) in [6.45, 7) is 6.51. The Kier molecular flexibility index (Phi) is 6.98. The number of benzene rings is 1. The topological polar surface area (TPSA) is 52.9 Å². The van der Waals surface area contributed by atoms with Crippen LogP contribution >= 0.6 is 11.6 Å². The summed E-state index contributed by atoms with van der Waals surface area (Å²) in [5.74, 6) is 1.06. The highest BCUT2D eigenvalue weighted by Gasteiger charge is 2.23. The number of carbonyl (C=O) groups is 1. The maximum absolute atomic E-state index is 12.6. The molecule has 1 amide bonds. The molecule has 0 aliphatic carbocycles. The molecule has 0 spiro atoms. The van der Waals surface area contributed by atoms with E-state index in [9.17, 15) is 4.79 Å². The molecule has 0 unspecified atom stereocenters. The number of rotatable bonds is 5. The summed E-state index contributed by atoms with van der Waals surface area (Å²) < 4.78 is 2.03. The van der Waals surface area contributed by atoms with E-state index in [-0.39, 0.29) is 5.91 Å². The van der Waals surface area contributed by atoms with Crippen LogP contribution in [0.3, 0.4) is 0 Å².